The number of benzene rings is 2. The molecule has 7 nitrogen and oxygen atoms in total. The Labute approximate surface area is 192 Å². The lowest BCUT2D eigenvalue weighted by atomic mass is 9.91. The molecule has 3 heterocycles. The molecule has 0 bridgehead atoms. The van der Waals surface area contributed by atoms with Crippen molar-refractivity contribution in [2.24, 2.45) is 5.92 Å². The van der Waals surface area contributed by atoms with Crippen molar-refractivity contribution < 1.29 is 4.74 Å². The maximum Gasteiger partial charge on any atom is 0.191 e. The zero-order valence-corrected chi connectivity index (χ0v) is 19.4. The van der Waals surface area contributed by atoms with Gasteiger partial charge in [-0.15, -0.1) is 5.10 Å². The maximum atomic E-state index is 5.36. The van der Waals surface area contributed by atoms with E-state index in [-0.39, 0.29) is 0 Å². The van der Waals surface area contributed by atoms with Crippen LogP contribution in [0.4, 0.5) is 0 Å². The second-order valence-corrected chi connectivity index (χ2v) is 9.33. The van der Waals surface area contributed by atoms with Crippen molar-refractivity contribution in [3.05, 3.63) is 59.9 Å². The number of hydrazine groups is 1. The van der Waals surface area contributed by atoms with Crippen LogP contribution in [0.2, 0.25) is 0 Å². The minimum Gasteiger partial charge on any atom is -0.497 e. The molecule has 0 saturated carbocycles. The highest BCUT2D eigenvalue weighted by molar-refractivity contribution is 7.98. The summed E-state index contributed by atoms with van der Waals surface area (Å²) in [5.41, 5.74) is 9.68. The van der Waals surface area contributed by atoms with Gasteiger partial charge in [0.1, 0.15) is 5.75 Å². The zero-order valence-electron chi connectivity index (χ0n) is 18.6. The van der Waals surface area contributed by atoms with Crippen LogP contribution < -0.4 is 15.6 Å². The van der Waals surface area contributed by atoms with Gasteiger partial charge in [-0.2, -0.15) is 4.52 Å². The number of nitrogens with one attached hydrogen (secondary N) is 2. The minimum atomic E-state index is 0.443. The van der Waals surface area contributed by atoms with Crippen molar-refractivity contribution in [3.8, 4) is 5.75 Å². The van der Waals surface area contributed by atoms with Crippen LogP contribution in [0.25, 0.3) is 16.6 Å². The first kappa shape index (κ1) is 21.2. The second-order valence-electron chi connectivity index (χ2n) is 8.38. The van der Waals surface area contributed by atoms with Crippen molar-refractivity contribution >= 4 is 28.3 Å². The number of hydrogen-bond acceptors (Lipinski definition) is 7. The molecule has 1 saturated heterocycles. The molecule has 2 atom stereocenters. The Balaban J connectivity index is 1.44. The Morgan fingerprint density at radius 1 is 1.03 bits per heavy atom. The highest BCUT2D eigenvalue weighted by atomic mass is 32.2. The van der Waals surface area contributed by atoms with Crippen LogP contribution in [0.3, 0.4) is 0 Å². The van der Waals surface area contributed by atoms with Crippen LogP contribution in [0, 0.1) is 5.92 Å². The third-order valence-electron chi connectivity index (χ3n) is 6.22. The van der Waals surface area contributed by atoms with Crippen LogP contribution in [0.15, 0.2) is 53.7 Å². The fraction of sp³-hybridized carbons (Fsp3) is 0.375. The molecule has 2 aromatic heterocycles. The molecule has 0 radical (unpaired) electrons. The molecular formula is C24H28N6OS. The third kappa shape index (κ3) is 4.18. The fourth-order valence-corrected chi connectivity index (χ4v) is 5.28. The Kier molecular flexibility index (Phi) is 5.99. The quantitative estimate of drug-likeness (QED) is 0.327. The smallest absolute Gasteiger partial charge is 0.191 e. The van der Waals surface area contributed by atoms with E-state index >= 15 is 0 Å². The highest BCUT2D eigenvalue weighted by Gasteiger charge is 2.29. The van der Waals surface area contributed by atoms with Crippen molar-refractivity contribution in [2.75, 3.05) is 7.11 Å². The lowest BCUT2D eigenvalue weighted by molar-refractivity contribution is 0.410. The van der Waals surface area contributed by atoms with Crippen molar-refractivity contribution in [3.63, 3.8) is 0 Å². The number of nitrogens with zero attached hydrogens (tertiary/aromatic N) is 4. The predicted molar refractivity (Wildman–Crippen MR) is 128 cm³/mol. The topological polar surface area (TPSA) is 76.4 Å². The van der Waals surface area contributed by atoms with Crippen molar-refractivity contribution in [2.45, 2.75) is 49.7 Å². The molecule has 0 amide bonds. The Morgan fingerprint density at radius 2 is 1.84 bits per heavy atom. The van der Waals surface area contributed by atoms with Crippen LogP contribution in [-0.4, -0.2) is 38.8 Å². The molecule has 0 aliphatic carbocycles. The summed E-state index contributed by atoms with van der Waals surface area (Å²) in [5.74, 6) is 3.07. The Bertz CT molecular complexity index is 1230. The number of fused-ring (bicyclic) bond motifs is 3. The van der Waals surface area contributed by atoms with Gasteiger partial charge in [0.05, 0.1) is 12.6 Å². The van der Waals surface area contributed by atoms with E-state index in [4.69, 9.17) is 19.8 Å². The Hall–Kier alpha value is -2.68. The van der Waals surface area contributed by atoms with Crippen molar-refractivity contribution in [1.29, 1.82) is 0 Å². The lowest BCUT2D eigenvalue weighted by Gasteiger charge is -2.16. The fourth-order valence-electron chi connectivity index (χ4n) is 4.39. The first-order valence-corrected chi connectivity index (χ1v) is 12.0. The lowest BCUT2D eigenvalue weighted by Crippen LogP contribution is -2.30. The number of aromatic nitrogens is 4. The monoisotopic (exact) mass is 448 g/mol. The highest BCUT2D eigenvalue weighted by Crippen LogP contribution is 2.28. The van der Waals surface area contributed by atoms with Gasteiger partial charge in [-0.25, -0.2) is 9.97 Å². The number of thioether (sulfide) groups is 1. The van der Waals surface area contributed by atoms with Gasteiger partial charge >= 0.3 is 0 Å². The second kappa shape index (κ2) is 9.05. The molecule has 2 N–H and O–H groups in total. The number of rotatable bonds is 7. The van der Waals surface area contributed by atoms with E-state index in [1.165, 1.54) is 5.56 Å². The molecule has 32 heavy (non-hydrogen) atoms. The van der Waals surface area contributed by atoms with E-state index in [0.717, 1.165) is 51.9 Å². The van der Waals surface area contributed by atoms with Gasteiger partial charge in [0.25, 0.3) is 0 Å². The van der Waals surface area contributed by atoms with E-state index in [9.17, 15) is 0 Å². The van der Waals surface area contributed by atoms with Gasteiger partial charge in [-0.1, -0.05) is 36.0 Å². The van der Waals surface area contributed by atoms with Gasteiger partial charge in [-0.05, 0) is 56.0 Å². The van der Waals surface area contributed by atoms with Crippen LogP contribution in [0.5, 0.6) is 5.75 Å². The van der Waals surface area contributed by atoms with E-state index < -0.39 is 0 Å². The standard InChI is InChI=1S/C24H28N6OS/c1-15-19(16(2)28-27-15)11-12-22-26-23-20-9-4-5-10-21(20)25-24(30(23)29-22)32-14-17-7-6-8-18(13-17)31-3/h4-10,13,15-16,19,27-28H,11-12,14H2,1-3H3. The molecule has 1 fully saturated rings. The minimum absolute atomic E-state index is 0.443. The predicted octanol–water partition coefficient (Wildman–Crippen LogP) is 4.01. The molecule has 5 rings (SSSR count). The molecule has 1 aliphatic heterocycles. The summed E-state index contributed by atoms with van der Waals surface area (Å²) in [4.78, 5) is 9.84. The number of hydrogen-bond donors (Lipinski definition) is 2. The van der Waals surface area contributed by atoms with E-state index in [2.05, 4.69) is 42.9 Å². The molecule has 8 heteroatoms. The Morgan fingerprint density at radius 3 is 2.66 bits per heavy atom. The normalized spacial score (nSPS) is 20.9. The molecule has 0 spiro atoms. The van der Waals surface area contributed by atoms with Gasteiger partial charge in [0, 0.05) is 29.6 Å². The third-order valence-corrected chi connectivity index (χ3v) is 7.22. The molecule has 1 aliphatic rings. The van der Waals surface area contributed by atoms with Crippen LogP contribution in [-0.2, 0) is 12.2 Å². The van der Waals surface area contributed by atoms with Gasteiger partial charge in [-0.3, -0.25) is 10.9 Å². The first-order valence-electron chi connectivity index (χ1n) is 11.0. The van der Waals surface area contributed by atoms with Gasteiger partial charge in [0.15, 0.2) is 16.6 Å². The molecule has 2 unspecified atom stereocenters. The number of aryl methyl sites for hydroxylation is 1. The summed E-state index contributed by atoms with van der Waals surface area (Å²) < 4.78 is 7.28. The van der Waals surface area contributed by atoms with E-state index in [0.29, 0.717) is 18.0 Å². The number of para-hydroxylation sites is 1. The van der Waals surface area contributed by atoms with Gasteiger partial charge in [0.2, 0.25) is 0 Å². The molecule has 166 valence electrons. The number of methoxy groups -OCH3 is 1. The first-order chi connectivity index (χ1) is 15.6. The average Bonchev–Trinajstić information content (AvgIpc) is 3.39. The summed E-state index contributed by atoms with van der Waals surface area (Å²) in [6, 6.07) is 17.2. The molecule has 2 aromatic carbocycles. The van der Waals surface area contributed by atoms with Crippen molar-refractivity contribution in [1.82, 2.24) is 30.4 Å². The SMILES string of the molecule is COc1cccc(CSc2nc3ccccc3c3nc(CCC4C(C)NNC4C)nn23)c1. The molecular weight excluding hydrogens is 420 g/mol. The zero-order chi connectivity index (χ0) is 22.1. The summed E-state index contributed by atoms with van der Waals surface area (Å²) in [6.07, 6.45) is 1.88. The largest absolute Gasteiger partial charge is 0.497 e. The summed E-state index contributed by atoms with van der Waals surface area (Å²) in [6.45, 7) is 4.45. The average molecular weight is 449 g/mol. The maximum absolute atomic E-state index is 5.36. The summed E-state index contributed by atoms with van der Waals surface area (Å²) in [7, 11) is 1.69. The summed E-state index contributed by atoms with van der Waals surface area (Å²) >= 11 is 1.67. The summed E-state index contributed by atoms with van der Waals surface area (Å²) in [5, 5.41) is 6.76. The van der Waals surface area contributed by atoms with Gasteiger partial charge < -0.3 is 4.74 Å². The van der Waals surface area contributed by atoms with E-state index in [1.54, 1.807) is 18.9 Å². The van der Waals surface area contributed by atoms with Crippen LogP contribution in [0.1, 0.15) is 31.7 Å². The van der Waals surface area contributed by atoms with Crippen LogP contribution >= 0.6 is 11.8 Å². The number of ether oxygens (including phenoxy) is 1. The van der Waals surface area contributed by atoms with E-state index in [1.807, 2.05) is 34.8 Å². The molecule has 4 aromatic rings.